The molecule has 1 heterocycles. The third kappa shape index (κ3) is 3.06. The number of nitrogens with one attached hydrogen (secondary N) is 1. The fourth-order valence-electron chi connectivity index (χ4n) is 3.44. The van der Waals surface area contributed by atoms with E-state index in [1.54, 1.807) is 12.1 Å². The van der Waals surface area contributed by atoms with E-state index in [2.05, 4.69) is 11.4 Å². The Morgan fingerprint density at radius 1 is 1.21 bits per heavy atom. The third-order valence-corrected chi connectivity index (χ3v) is 4.66. The smallest absolute Gasteiger partial charge is 0.123 e. The molecule has 0 aliphatic carbocycles. The molecule has 2 aromatic carbocycles. The Labute approximate surface area is 142 Å². The molecule has 0 amide bonds. The Balaban J connectivity index is 1.99. The largest absolute Gasteiger partial charge is 0.361 e. The second kappa shape index (κ2) is 7.12. The number of benzene rings is 2. The molecule has 3 nitrogen and oxygen atoms in total. The Kier molecular flexibility index (Phi) is 4.94. The summed E-state index contributed by atoms with van der Waals surface area (Å²) < 4.78 is 19.6. The maximum Gasteiger partial charge on any atom is 0.123 e. The SMILES string of the molecule is CNCCCCC1(c2ccc(F)cc2)OCc2cc(C#N)ccc21. The Morgan fingerprint density at radius 3 is 2.71 bits per heavy atom. The van der Waals surface area contributed by atoms with Crippen LogP contribution in [-0.2, 0) is 16.9 Å². The van der Waals surface area contributed by atoms with Gasteiger partial charge >= 0.3 is 0 Å². The van der Waals surface area contributed by atoms with Crippen LogP contribution in [0.15, 0.2) is 42.5 Å². The van der Waals surface area contributed by atoms with Crippen molar-refractivity contribution in [2.75, 3.05) is 13.6 Å². The van der Waals surface area contributed by atoms with E-state index in [9.17, 15) is 4.39 Å². The lowest BCUT2D eigenvalue weighted by Crippen LogP contribution is -2.27. The summed E-state index contributed by atoms with van der Waals surface area (Å²) in [4.78, 5) is 0. The zero-order chi connectivity index (χ0) is 17.0. The predicted octanol–water partition coefficient (Wildman–Crippen LogP) is 3.86. The maximum absolute atomic E-state index is 13.4. The summed E-state index contributed by atoms with van der Waals surface area (Å²) in [5.41, 5.74) is 3.20. The highest BCUT2D eigenvalue weighted by Gasteiger charge is 2.41. The molecular formula is C20H21FN2O. The lowest BCUT2D eigenvalue weighted by molar-refractivity contribution is -0.0133. The second-order valence-electron chi connectivity index (χ2n) is 6.17. The molecule has 3 rings (SSSR count). The van der Waals surface area contributed by atoms with Crippen LogP contribution in [0, 0.1) is 17.1 Å². The van der Waals surface area contributed by atoms with Gasteiger partial charge in [-0.15, -0.1) is 0 Å². The number of nitriles is 1. The van der Waals surface area contributed by atoms with Crippen LogP contribution < -0.4 is 5.32 Å². The average molecular weight is 324 g/mol. The molecule has 2 aromatic rings. The van der Waals surface area contributed by atoms with Gasteiger partial charge in [0.2, 0.25) is 0 Å². The van der Waals surface area contributed by atoms with Crippen molar-refractivity contribution >= 4 is 0 Å². The number of hydrogen-bond acceptors (Lipinski definition) is 3. The van der Waals surface area contributed by atoms with Gasteiger partial charge in [0.05, 0.1) is 18.2 Å². The molecule has 0 fully saturated rings. The van der Waals surface area contributed by atoms with Crippen LogP contribution in [0.25, 0.3) is 0 Å². The summed E-state index contributed by atoms with van der Waals surface area (Å²) in [6.45, 7) is 1.44. The number of nitrogens with zero attached hydrogens (tertiary/aromatic N) is 1. The second-order valence-corrected chi connectivity index (χ2v) is 6.17. The molecule has 1 aliphatic heterocycles. The Morgan fingerprint density at radius 2 is 2.00 bits per heavy atom. The summed E-state index contributed by atoms with van der Waals surface area (Å²) in [5, 5.41) is 12.3. The molecule has 0 saturated carbocycles. The molecule has 0 bridgehead atoms. The molecule has 4 heteroatoms. The number of ether oxygens (including phenoxy) is 1. The van der Waals surface area contributed by atoms with Crippen LogP contribution in [0.3, 0.4) is 0 Å². The summed E-state index contributed by atoms with van der Waals surface area (Å²) in [7, 11) is 1.94. The minimum Gasteiger partial charge on any atom is -0.361 e. The molecule has 1 N–H and O–H groups in total. The van der Waals surface area contributed by atoms with E-state index in [-0.39, 0.29) is 5.82 Å². The van der Waals surface area contributed by atoms with E-state index in [4.69, 9.17) is 10.00 Å². The van der Waals surface area contributed by atoms with Crippen LogP contribution >= 0.6 is 0 Å². The molecule has 0 spiro atoms. The number of rotatable bonds is 6. The van der Waals surface area contributed by atoms with Gasteiger partial charge in [0, 0.05) is 0 Å². The fourth-order valence-corrected chi connectivity index (χ4v) is 3.44. The lowest BCUT2D eigenvalue weighted by atomic mass is 9.81. The first kappa shape index (κ1) is 16.6. The zero-order valence-electron chi connectivity index (χ0n) is 13.8. The summed E-state index contributed by atoms with van der Waals surface area (Å²) in [6.07, 6.45) is 2.88. The van der Waals surface area contributed by atoms with Crippen molar-refractivity contribution in [3.8, 4) is 6.07 Å². The fraction of sp³-hybridized carbons (Fsp3) is 0.350. The third-order valence-electron chi connectivity index (χ3n) is 4.66. The number of fused-ring (bicyclic) bond motifs is 1. The van der Waals surface area contributed by atoms with Crippen molar-refractivity contribution in [3.63, 3.8) is 0 Å². The van der Waals surface area contributed by atoms with Crippen molar-refractivity contribution in [1.29, 1.82) is 5.26 Å². The molecule has 24 heavy (non-hydrogen) atoms. The first-order valence-corrected chi connectivity index (χ1v) is 8.28. The van der Waals surface area contributed by atoms with Gasteiger partial charge < -0.3 is 10.1 Å². The number of unbranched alkanes of at least 4 members (excludes halogenated alkanes) is 1. The number of hydrogen-bond donors (Lipinski definition) is 1. The molecule has 1 unspecified atom stereocenters. The lowest BCUT2D eigenvalue weighted by Gasteiger charge is -2.30. The summed E-state index contributed by atoms with van der Waals surface area (Å²) >= 11 is 0. The highest BCUT2D eigenvalue weighted by Crippen LogP contribution is 2.45. The van der Waals surface area contributed by atoms with E-state index in [1.807, 2.05) is 25.2 Å². The highest BCUT2D eigenvalue weighted by molar-refractivity contribution is 5.47. The van der Waals surface area contributed by atoms with E-state index in [1.165, 1.54) is 12.1 Å². The van der Waals surface area contributed by atoms with Gasteiger partial charge in [0.25, 0.3) is 0 Å². The Bertz CT molecular complexity index is 751. The van der Waals surface area contributed by atoms with Gasteiger partial charge in [-0.05, 0) is 73.8 Å². The topological polar surface area (TPSA) is 45.0 Å². The van der Waals surface area contributed by atoms with Gasteiger partial charge in [-0.25, -0.2) is 4.39 Å². The molecule has 1 atom stereocenters. The van der Waals surface area contributed by atoms with Gasteiger partial charge in [0.15, 0.2) is 0 Å². The van der Waals surface area contributed by atoms with E-state index in [0.29, 0.717) is 12.2 Å². The predicted molar refractivity (Wildman–Crippen MR) is 90.9 cm³/mol. The first-order chi connectivity index (χ1) is 11.7. The monoisotopic (exact) mass is 324 g/mol. The summed E-state index contributed by atoms with van der Waals surface area (Å²) in [6, 6.07) is 14.5. The Hall–Kier alpha value is -2.22. The van der Waals surface area contributed by atoms with E-state index >= 15 is 0 Å². The van der Waals surface area contributed by atoms with Crippen LogP contribution in [0.5, 0.6) is 0 Å². The van der Waals surface area contributed by atoms with E-state index in [0.717, 1.165) is 42.5 Å². The first-order valence-electron chi connectivity index (χ1n) is 8.28. The van der Waals surface area contributed by atoms with Crippen molar-refractivity contribution in [3.05, 3.63) is 70.5 Å². The normalized spacial score (nSPS) is 19.0. The van der Waals surface area contributed by atoms with Crippen LogP contribution in [0.4, 0.5) is 4.39 Å². The molecular weight excluding hydrogens is 303 g/mol. The minimum absolute atomic E-state index is 0.248. The maximum atomic E-state index is 13.4. The van der Waals surface area contributed by atoms with E-state index < -0.39 is 5.60 Å². The quantitative estimate of drug-likeness (QED) is 0.821. The standard InChI is InChI=1S/C20H21FN2O/c1-23-11-3-2-10-20(17-5-7-18(21)8-6-17)19-9-4-15(13-22)12-16(19)14-24-20/h4-9,12,23H,2-3,10-11,14H2,1H3. The molecule has 0 aromatic heterocycles. The van der Waals surface area contributed by atoms with Gasteiger partial charge in [-0.3, -0.25) is 0 Å². The molecule has 0 radical (unpaired) electrons. The molecule has 124 valence electrons. The van der Waals surface area contributed by atoms with Gasteiger partial charge in [-0.2, -0.15) is 5.26 Å². The van der Waals surface area contributed by atoms with Crippen LogP contribution in [-0.4, -0.2) is 13.6 Å². The minimum atomic E-state index is -0.551. The van der Waals surface area contributed by atoms with Crippen molar-refractivity contribution in [2.45, 2.75) is 31.5 Å². The van der Waals surface area contributed by atoms with Crippen molar-refractivity contribution in [1.82, 2.24) is 5.32 Å². The van der Waals surface area contributed by atoms with Crippen LogP contribution in [0.1, 0.15) is 41.5 Å². The van der Waals surface area contributed by atoms with Gasteiger partial charge in [-0.1, -0.05) is 18.2 Å². The zero-order valence-corrected chi connectivity index (χ0v) is 13.8. The summed E-state index contributed by atoms with van der Waals surface area (Å²) in [5.74, 6) is -0.248. The van der Waals surface area contributed by atoms with Crippen LogP contribution in [0.2, 0.25) is 0 Å². The van der Waals surface area contributed by atoms with Crippen molar-refractivity contribution < 1.29 is 9.13 Å². The average Bonchev–Trinajstić information content (AvgIpc) is 2.98. The van der Waals surface area contributed by atoms with Gasteiger partial charge in [0.1, 0.15) is 11.4 Å². The highest BCUT2D eigenvalue weighted by atomic mass is 19.1. The molecule has 0 saturated heterocycles. The molecule has 1 aliphatic rings. The van der Waals surface area contributed by atoms with Crippen molar-refractivity contribution in [2.24, 2.45) is 0 Å². The number of halogens is 1.